The molecule has 1 aliphatic rings. The second-order valence-electron chi connectivity index (χ2n) is 5.37. The summed E-state index contributed by atoms with van der Waals surface area (Å²) < 4.78 is 0. The van der Waals surface area contributed by atoms with Crippen LogP contribution in [0.4, 0.5) is 5.69 Å². The number of H-pyrrole nitrogens is 1. The first-order valence-corrected chi connectivity index (χ1v) is 7.27. The summed E-state index contributed by atoms with van der Waals surface area (Å²) in [4.78, 5) is 20.8. The Bertz CT molecular complexity index is 757. The lowest BCUT2D eigenvalue weighted by atomic mass is 10.0. The number of rotatable bonds is 3. The number of anilines is 1. The summed E-state index contributed by atoms with van der Waals surface area (Å²) >= 11 is 0. The molecule has 1 unspecified atom stereocenters. The molecule has 2 aromatic heterocycles. The van der Waals surface area contributed by atoms with Gasteiger partial charge in [-0.3, -0.25) is 4.79 Å². The van der Waals surface area contributed by atoms with Crippen LogP contribution >= 0.6 is 0 Å². The quantitative estimate of drug-likeness (QED) is 0.848. The molecule has 1 aliphatic heterocycles. The fraction of sp³-hybridized carbons (Fsp3) is 0.312. The Kier molecular flexibility index (Phi) is 3.79. The van der Waals surface area contributed by atoms with Crippen molar-refractivity contribution in [2.45, 2.75) is 18.9 Å². The van der Waals surface area contributed by atoms with Gasteiger partial charge in [0.05, 0.1) is 10.9 Å². The number of likely N-dealkylation sites (tertiary alicyclic amines) is 1. The van der Waals surface area contributed by atoms with Gasteiger partial charge in [0.2, 0.25) is 5.91 Å². The van der Waals surface area contributed by atoms with E-state index >= 15 is 0 Å². The molecule has 3 rings (SSSR count). The molecular formula is C16H17N5O. The van der Waals surface area contributed by atoms with E-state index in [1.807, 2.05) is 6.07 Å². The number of nitriles is 1. The van der Waals surface area contributed by atoms with E-state index in [-0.39, 0.29) is 11.9 Å². The van der Waals surface area contributed by atoms with Crippen molar-refractivity contribution < 1.29 is 4.79 Å². The van der Waals surface area contributed by atoms with Gasteiger partial charge in [0.1, 0.15) is 11.7 Å². The van der Waals surface area contributed by atoms with Crippen LogP contribution in [0.3, 0.4) is 0 Å². The number of pyridine rings is 1. The molecule has 6 heteroatoms. The summed E-state index contributed by atoms with van der Waals surface area (Å²) in [6.07, 6.45) is 6.66. The van der Waals surface area contributed by atoms with Gasteiger partial charge in [-0.25, -0.2) is 4.98 Å². The van der Waals surface area contributed by atoms with E-state index in [1.54, 1.807) is 17.3 Å². The first-order chi connectivity index (χ1) is 10.7. The van der Waals surface area contributed by atoms with Crippen molar-refractivity contribution in [3.63, 3.8) is 0 Å². The Morgan fingerprint density at radius 1 is 1.64 bits per heavy atom. The summed E-state index contributed by atoms with van der Waals surface area (Å²) in [5.74, 6) is -0.0364. The normalized spacial score (nSPS) is 18.0. The van der Waals surface area contributed by atoms with Crippen molar-refractivity contribution in [3.8, 4) is 6.07 Å². The van der Waals surface area contributed by atoms with Crippen LogP contribution in [0.2, 0.25) is 0 Å². The van der Waals surface area contributed by atoms with Crippen LogP contribution in [0, 0.1) is 11.3 Å². The Hall–Kier alpha value is -2.81. The van der Waals surface area contributed by atoms with Crippen molar-refractivity contribution in [2.75, 3.05) is 18.4 Å². The van der Waals surface area contributed by atoms with Crippen molar-refractivity contribution >= 4 is 22.6 Å². The number of carbonyl (C=O) groups excluding carboxylic acids is 1. The maximum absolute atomic E-state index is 11.8. The number of nitrogens with zero attached hydrogens (tertiary/aromatic N) is 3. The van der Waals surface area contributed by atoms with E-state index in [9.17, 15) is 10.1 Å². The second kappa shape index (κ2) is 5.90. The highest BCUT2D eigenvalue weighted by Gasteiger charge is 2.23. The highest BCUT2D eigenvalue weighted by molar-refractivity contribution is 5.94. The lowest BCUT2D eigenvalue weighted by Gasteiger charge is -2.33. The van der Waals surface area contributed by atoms with E-state index < -0.39 is 0 Å². The number of nitrogens with one attached hydrogen (secondary N) is 2. The molecule has 2 aromatic rings. The first kappa shape index (κ1) is 14.1. The largest absolute Gasteiger partial charge is 0.380 e. The SMILES string of the molecule is C=CC(=O)N1CCCC(Nc2ccnc3[nH]cc(C#N)c23)C1. The monoisotopic (exact) mass is 295 g/mol. The predicted octanol–water partition coefficient (Wildman–Crippen LogP) is 2.02. The number of hydrogen-bond donors (Lipinski definition) is 2. The molecule has 112 valence electrons. The van der Waals surface area contributed by atoms with Gasteiger partial charge in [-0.05, 0) is 25.0 Å². The van der Waals surface area contributed by atoms with Gasteiger partial charge in [0.15, 0.2) is 0 Å². The molecule has 1 saturated heterocycles. The molecule has 2 N–H and O–H groups in total. The van der Waals surface area contributed by atoms with E-state index in [0.717, 1.165) is 30.5 Å². The lowest BCUT2D eigenvalue weighted by molar-refractivity contribution is -0.127. The topological polar surface area (TPSA) is 84.8 Å². The molecule has 0 aromatic carbocycles. The van der Waals surface area contributed by atoms with E-state index in [2.05, 4.69) is 27.9 Å². The smallest absolute Gasteiger partial charge is 0.246 e. The van der Waals surface area contributed by atoms with Gasteiger partial charge in [0.25, 0.3) is 0 Å². The van der Waals surface area contributed by atoms with Crippen LogP contribution in [0.15, 0.2) is 31.1 Å². The highest BCUT2D eigenvalue weighted by Crippen LogP contribution is 2.26. The van der Waals surface area contributed by atoms with Gasteiger partial charge in [-0.1, -0.05) is 6.58 Å². The molecule has 0 saturated carbocycles. The number of aromatic nitrogens is 2. The third-order valence-corrected chi connectivity index (χ3v) is 3.96. The van der Waals surface area contributed by atoms with Crippen LogP contribution in [0.5, 0.6) is 0 Å². The maximum Gasteiger partial charge on any atom is 0.246 e. The first-order valence-electron chi connectivity index (χ1n) is 7.27. The Morgan fingerprint density at radius 3 is 3.27 bits per heavy atom. The number of hydrogen-bond acceptors (Lipinski definition) is 4. The van der Waals surface area contributed by atoms with Crippen molar-refractivity contribution in [2.24, 2.45) is 0 Å². The average molecular weight is 295 g/mol. The summed E-state index contributed by atoms with van der Waals surface area (Å²) in [6.45, 7) is 4.95. The minimum atomic E-state index is -0.0364. The van der Waals surface area contributed by atoms with Crippen LogP contribution in [0.25, 0.3) is 11.0 Å². The van der Waals surface area contributed by atoms with Gasteiger partial charge in [0, 0.05) is 37.2 Å². The molecular weight excluding hydrogens is 278 g/mol. The average Bonchev–Trinajstić information content (AvgIpc) is 2.98. The number of aromatic amines is 1. The maximum atomic E-state index is 11.8. The number of fused-ring (bicyclic) bond motifs is 1. The summed E-state index contributed by atoms with van der Waals surface area (Å²) in [5.41, 5.74) is 2.14. The molecule has 1 fully saturated rings. The third kappa shape index (κ3) is 2.53. The summed E-state index contributed by atoms with van der Waals surface area (Å²) in [7, 11) is 0. The zero-order valence-corrected chi connectivity index (χ0v) is 12.2. The number of piperidine rings is 1. The standard InChI is InChI=1S/C16H17N5O/c1-2-14(22)21-7-3-4-12(10-21)20-13-5-6-18-16-15(13)11(8-17)9-19-16/h2,5-6,9,12H,1,3-4,7,10H2,(H2,18,19,20). The van der Waals surface area contributed by atoms with Crippen LogP contribution in [-0.4, -0.2) is 39.9 Å². The molecule has 22 heavy (non-hydrogen) atoms. The molecule has 0 radical (unpaired) electrons. The van der Waals surface area contributed by atoms with Crippen LogP contribution < -0.4 is 5.32 Å². The zero-order valence-electron chi connectivity index (χ0n) is 12.2. The van der Waals surface area contributed by atoms with Crippen molar-refractivity contribution in [1.29, 1.82) is 5.26 Å². The summed E-state index contributed by atoms with van der Waals surface area (Å²) in [5, 5.41) is 13.5. The number of carbonyl (C=O) groups is 1. The highest BCUT2D eigenvalue weighted by atomic mass is 16.2. The summed E-state index contributed by atoms with van der Waals surface area (Å²) in [6, 6.07) is 4.20. The zero-order chi connectivity index (χ0) is 15.5. The van der Waals surface area contributed by atoms with Crippen LogP contribution in [-0.2, 0) is 4.79 Å². The van der Waals surface area contributed by atoms with E-state index in [4.69, 9.17) is 0 Å². The minimum absolute atomic E-state index is 0.0364. The minimum Gasteiger partial charge on any atom is -0.380 e. The fourth-order valence-electron chi connectivity index (χ4n) is 2.91. The van der Waals surface area contributed by atoms with E-state index in [0.29, 0.717) is 17.8 Å². The van der Waals surface area contributed by atoms with Gasteiger partial charge in [-0.15, -0.1) is 0 Å². The lowest BCUT2D eigenvalue weighted by Crippen LogP contribution is -2.44. The second-order valence-corrected chi connectivity index (χ2v) is 5.37. The molecule has 1 atom stereocenters. The van der Waals surface area contributed by atoms with Crippen molar-refractivity contribution in [3.05, 3.63) is 36.7 Å². The Labute approximate surface area is 128 Å². The Morgan fingerprint density at radius 2 is 2.50 bits per heavy atom. The molecule has 3 heterocycles. The molecule has 0 aliphatic carbocycles. The fourth-order valence-corrected chi connectivity index (χ4v) is 2.91. The predicted molar refractivity (Wildman–Crippen MR) is 84.2 cm³/mol. The van der Waals surface area contributed by atoms with E-state index in [1.165, 1.54) is 6.08 Å². The van der Waals surface area contributed by atoms with Crippen molar-refractivity contribution in [1.82, 2.24) is 14.9 Å². The van der Waals surface area contributed by atoms with Gasteiger partial charge < -0.3 is 15.2 Å². The van der Waals surface area contributed by atoms with Gasteiger partial charge in [-0.2, -0.15) is 5.26 Å². The van der Waals surface area contributed by atoms with Crippen LogP contribution in [0.1, 0.15) is 18.4 Å². The number of amides is 1. The molecule has 0 bridgehead atoms. The molecule has 0 spiro atoms. The Balaban J connectivity index is 1.84. The molecule has 6 nitrogen and oxygen atoms in total. The van der Waals surface area contributed by atoms with Gasteiger partial charge >= 0.3 is 0 Å². The molecule has 1 amide bonds. The third-order valence-electron chi connectivity index (χ3n) is 3.96.